The number of hydrogen-bond acceptors (Lipinski definition) is 5. The largest absolute Gasteiger partial charge is 0.497 e. The minimum absolute atomic E-state index is 0.0265. The van der Waals surface area contributed by atoms with E-state index in [4.69, 9.17) is 9.26 Å². The smallest absolute Gasteiger partial charge is 0.228 e. The van der Waals surface area contributed by atoms with Gasteiger partial charge in [0.2, 0.25) is 17.6 Å². The van der Waals surface area contributed by atoms with Crippen LogP contribution >= 0.6 is 0 Å². The molecule has 1 heterocycles. The standard InChI is InChI=1S/C24H29N3O3/c1-17(2)16-23(28)27(18(3)19-8-6-5-7-9-19)15-14-22-25-24(26-30-22)20-10-12-21(29-4)13-11-20/h5-13,17-18H,14-16H2,1-4H3. The molecule has 30 heavy (non-hydrogen) atoms. The Labute approximate surface area is 177 Å². The first-order valence-electron chi connectivity index (χ1n) is 10.3. The number of hydrogen-bond donors (Lipinski definition) is 0. The monoisotopic (exact) mass is 407 g/mol. The molecule has 0 radical (unpaired) electrons. The molecular formula is C24H29N3O3. The van der Waals surface area contributed by atoms with Gasteiger partial charge in [-0.15, -0.1) is 0 Å². The summed E-state index contributed by atoms with van der Waals surface area (Å²) in [6.45, 7) is 6.70. The van der Waals surface area contributed by atoms with Crippen LogP contribution in [-0.4, -0.2) is 34.6 Å². The number of nitrogens with zero attached hydrogens (tertiary/aromatic N) is 3. The fourth-order valence-electron chi connectivity index (χ4n) is 3.34. The Hall–Kier alpha value is -3.15. The first-order valence-corrected chi connectivity index (χ1v) is 10.3. The summed E-state index contributed by atoms with van der Waals surface area (Å²) in [5.74, 6) is 2.26. The minimum Gasteiger partial charge on any atom is -0.497 e. The van der Waals surface area contributed by atoms with E-state index in [0.29, 0.717) is 37.0 Å². The van der Waals surface area contributed by atoms with Crippen molar-refractivity contribution in [1.82, 2.24) is 15.0 Å². The van der Waals surface area contributed by atoms with E-state index in [9.17, 15) is 4.79 Å². The van der Waals surface area contributed by atoms with Crippen LogP contribution < -0.4 is 4.74 Å². The first-order chi connectivity index (χ1) is 14.5. The summed E-state index contributed by atoms with van der Waals surface area (Å²) >= 11 is 0. The van der Waals surface area contributed by atoms with E-state index in [0.717, 1.165) is 16.9 Å². The molecule has 1 unspecified atom stereocenters. The normalized spacial score (nSPS) is 12.0. The number of benzene rings is 2. The van der Waals surface area contributed by atoms with Gasteiger partial charge >= 0.3 is 0 Å². The maximum Gasteiger partial charge on any atom is 0.228 e. The van der Waals surface area contributed by atoms with Gasteiger partial charge in [-0.05, 0) is 42.7 Å². The lowest BCUT2D eigenvalue weighted by Crippen LogP contribution is -2.36. The molecule has 0 saturated carbocycles. The molecule has 0 spiro atoms. The third-order valence-corrected chi connectivity index (χ3v) is 5.04. The Morgan fingerprint density at radius 1 is 1.07 bits per heavy atom. The van der Waals surface area contributed by atoms with E-state index in [1.165, 1.54) is 0 Å². The van der Waals surface area contributed by atoms with E-state index in [1.807, 2.05) is 47.4 Å². The second-order valence-electron chi connectivity index (χ2n) is 7.76. The Balaban J connectivity index is 1.72. The number of carbonyl (C=O) groups is 1. The number of ether oxygens (including phenoxy) is 1. The SMILES string of the molecule is COc1ccc(-c2noc(CCN(C(=O)CC(C)C)C(C)c3ccccc3)n2)cc1. The van der Waals surface area contributed by atoms with Crippen molar-refractivity contribution in [2.45, 2.75) is 39.7 Å². The summed E-state index contributed by atoms with van der Waals surface area (Å²) in [5, 5.41) is 4.09. The highest BCUT2D eigenvalue weighted by atomic mass is 16.5. The van der Waals surface area contributed by atoms with E-state index < -0.39 is 0 Å². The van der Waals surface area contributed by atoms with Crippen LogP contribution in [0.4, 0.5) is 0 Å². The summed E-state index contributed by atoms with van der Waals surface area (Å²) in [5.41, 5.74) is 1.97. The molecule has 0 fully saturated rings. The quantitative estimate of drug-likeness (QED) is 0.503. The molecule has 1 atom stereocenters. The Morgan fingerprint density at radius 3 is 2.40 bits per heavy atom. The molecule has 0 aliphatic heterocycles. The second kappa shape index (κ2) is 10.1. The molecule has 0 N–H and O–H groups in total. The van der Waals surface area contributed by atoms with Gasteiger partial charge in [0.25, 0.3) is 0 Å². The average Bonchev–Trinajstić information content (AvgIpc) is 3.23. The topological polar surface area (TPSA) is 68.5 Å². The van der Waals surface area contributed by atoms with Crippen LogP contribution in [0, 0.1) is 5.92 Å². The Morgan fingerprint density at radius 2 is 1.77 bits per heavy atom. The number of methoxy groups -OCH3 is 1. The summed E-state index contributed by atoms with van der Waals surface area (Å²) in [6, 6.07) is 17.6. The number of amides is 1. The van der Waals surface area contributed by atoms with Crippen molar-refractivity contribution >= 4 is 5.91 Å². The van der Waals surface area contributed by atoms with Crippen molar-refractivity contribution in [2.24, 2.45) is 5.92 Å². The zero-order chi connectivity index (χ0) is 21.5. The molecule has 0 bridgehead atoms. The van der Waals surface area contributed by atoms with Gasteiger partial charge in [0.15, 0.2) is 0 Å². The van der Waals surface area contributed by atoms with Crippen LogP contribution in [0.2, 0.25) is 0 Å². The van der Waals surface area contributed by atoms with Crippen molar-refractivity contribution < 1.29 is 14.1 Å². The fraction of sp³-hybridized carbons (Fsp3) is 0.375. The lowest BCUT2D eigenvalue weighted by atomic mass is 10.0. The second-order valence-corrected chi connectivity index (χ2v) is 7.76. The van der Waals surface area contributed by atoms with Gasteiger partial charge in [-0.2, -0.15) is 4.98 Å². The van der Waals surface area contributed by atoms with Crippen molar-refractivity contribution in [1.29, 1.82) is 0 Å². The van der Waals surface area contributed by atoms with E-state index in [2.05, 4.69) is 43.0 Å². The highest BCUT2D eigenvalue weighted by Crippen LogP contribution is 2.23. The van der Waals surface area contributed by atoms with Gasteiger partial charge in [-0.25, -0.2) is 0 Å². The Kier molecular flexibility index (Phi) is 7.22. The van der Waals surface area contributed by atoms with Crippen LogP contribution in [0.1, 0.15) is 44.7 Å². The van der Waals surface area contributed by atoms with Gasteiger partial charge < -0.3 is 14.2 Å². The Bertz CT molecular complexity index is 936. The number of carbonyl (C=O) groups excluding carboxylic acids is 1. The predicted molar refractivity (Wildman–Crippen MR) is 116 cm³/mol. The molecule has 6 nitrogen and oxygen atoms in total. The lowest BCUT2D eigenvalue weighted by Gasteiger charge is -2.30. The van der Waals surface area contributed by atoms with Crippen LogP contribution in [0.5, 0.6) is 5.75 Å². The van der Waals surface area contributed by atoms with E-state index in [1.54, 1.807) is 7.11 Å². The molecule has 3 rings (SSSR count). The van der Waals surface area contributed by atoms with Crippen LogP contribution in [0.15, 0.2) is 59.1 Å². The molecule has 1 aromatic heterocycles. The maximum absolute atomic E-state index is 12.9. The van der Waals surface area contributed by atoms with Crippen LogP contribution in [-0.2, 0) is 11.2 Å². The third kappa shape index (κ3) is 5.47. The van der Waals surface area contributed by atoms with Crippen molar-refractivity contribution in [3.05, 3.63) is 66.1 Å². The van der Waals surface area contributed by atoms with Gasteiger partial charge in [-0.1, -0.05) is 49.3 Å². The molecule has 0 saturated heterocycles. The van der Waals surface area contributed by atoms with Gasteiger partial charge in [0.1, 0.15) is 5.75 Å². The molecule has 6 heteroatoms. The minimum atomic E-state index is -0.0265. The maximum atomic E-state index is 12.9. The van der Waals surface area contributed by atoms with E-state index in [-0.39, 0.29) is 11.9 Å². The summed E-state index contributed by atoms with van der Waals surface area (Å²) in [7, 11) is 1.63. The van der Waals surface area contributed by atoms with Gasteiger partial charge in [0, 0.05) is 24.9 Å². The van der Waals surface area contributed by atoms with Crippen molar-refractivity contribution in [3.63, 3.8) is 0 Å². The summed E-state index contributed by atoms with van der Waals surface area (Å²) in [4.78, 5) is 19.3. The zero-order valence-corrected chi connectivity index (χ0v) is 18.0. The summed E-state index contributed by atoms with van der Waals surface area (Å²) < 4.78 is 10.6. The van der Waals surface area contributed by atoms with Crippen molar-refractivity contribution in [3.8, 4) is 17.1 Å². The van der Waals surface area contributed by atoms with Crippen LogP contribution in [0.3, 0.4) is 0 Å². The van der Waals surface area contributed by atoms with Crippen LogP contribution in [0.25, 0.3) is 11.4 Å². The fourth-order valence-corrected chi connectivity index (χ4v) is 3.34. The molecule has 2 aromatic carbocycles. The number of aromatic nitrogens is 2. The average molecular weight is 408 g/mol. The lowest BCUT2D eigenvalue weighted by molar-refractivity contribution is -0.134. The zero-order valence-electron chi connectivity index (χ0n) is 18.0. The summed E-state index contributed by atoms with van der Waals surface area (Å²) in [6.07, 6.45) is 1.02. The van der Waals surface area contributed by atoms with Crippen molar-refractivity contribution in [2.75, 3.05) is 13.7 Å². The third-order valence-electron chi connectivity index (χ3n) is 5.04. The number of rotatable bonds is 9. The molecule has 0 aliphatic rings. The molecule has 0 aliphatic carbocycles. The highest BCUT2D eigenvalue weighted by molar-refractivity contribution is 5.77. The van der Waals surface area contributed by atoms with Gasteiger partial charge in [-0.3, -0.25) is 4.79 Å². The molecule has 3 aromatic rings. The molecule has 1 amide bonds. The first kappa shape index (κ1) is 21.6. The highest BCUT2D eigenvalue weighted by Gasteiger charge is 2.23. The molecular weight excluding hydrogens is 378 g/mol. The molecule has 158 valence electrons. The van der Waals surface area contributed by atoms with E-state index >= 15 is 0 Å². The predicted octanol–water partition coefficient (Wildman–Crippen LogP) is 4.92. The van der Waals surface area contributed by atoms with Gasteiger partial charge in [0.05, 0.1) is 13.2 Å².